The molecule has 4 heteroatoms. The van der Waals surface area contributed by atoms with Crippen LogP contribution in [-0.2, 0) is 11.2 Å². The first-order valence-corrected chi connectivity index (χ1v) is 7.89. The lowest BCUT2D eigenvalue weighted by Crippen LogP contribution is -2.32. The number of carbonyl (C=O) groups is 1. The SMILES string of the molecule is CC(C)Oc1ccc(CCC(=O)NC2CCCC2)cc1N. The standard InChI is InChI=1S/C17H26N2O2/c1-12(2)21-16-9-7-13(11-15(16)18)8-10-17(20)19-14-5-3-4-6-14/h7,9,11-12,14H,3-6,8,10,18H2,1-2H3,(H,19,20). The summed E-state index contributed by atoms with van der Waals surface area (Å²) in [6.45, 7) is 3.95. The molecule has 0 aromatic heterocycles. The van der Waals surface area contributed by atoms with Crippen LogP contribution in [-0.4, -0.2) is 18.1 Å². The van der Waals surface area contributed by atoms with Crippen LogP contribution < -0.4 is 15.8 Å². The highest BCUT2D eigenvalue weighted by Crippen LogP contribution is 2.24. The molecule has 0 bridgehead atoms. The summed E-state index contributed by atoms with van der Waals surface area (Å²) in [5.41, 5.74) is 7.69. The third kappa shape index (κ3) is 4.96. The zero-order chi connectivity index (χ0) is 15.2. The minimum absolute atomic E-state index is 0.107. The van der Waals surface area contributed by atoms with Crippen LogP contribution in [0, 0.1) is 0 Å². The Morgan fingerprint density at radius 3 is 2.71 bits per heavy atom. The van der Waals surface area contributed by atoms with E-state index in [0.29, 0.717) is 30.3 Å². The van der Waals surface area contributed by atoms with Crippen LogP contribution in [0.5, 0.6) is 5.75 Å². The number of nitrogens with two attached hydrogens (primary N) is 1. The Morgan fingerprint density at radius 2 is 2.10 bits per heavy atom. The summed E-state index contributed by atoms with van der Waals surface area (Å²) in [5.74, 6) is 0.854. The molecule has 1 aliphatic carbocycles. The molecule has 0 radical (unpaired) electrons. The van der Waals surface area contributed by atoms with E-state index >= 15 is 0 Å². The Bertz CT molecular complexity index is 480. The van der Waals surface area contributed by atoms with Crippen LogP contribution in [0.1, 0.15) is 51.5 Å². The van der Waals surface area contributed by atoms with Crippen molar-refractivity contribution in [3.63, 3.8) is 0 Å². The number of carbonyl (C=O) groups excluding carboxylic acids is 1. The van der Waals surface area contributed by atoms with E-state index in [2.05, 4.69) is 5.32 Å². The molecule has 1 fully saturated rings. The van der Waals surface area contributed by atoms with Gasteiger partial charge in [0, 0.05) is 12.5 Å². The summed E-state index contributed by atoms with van der Waals surface area (Å²) in [4.78, 5) is 11.9. The van der Waals surface area contributed by atoms with E-state index < -0.39 is 0 Å². The number of nitrogen functional groups attached to an aromatic ring is 1. The molecule has 0 spiro atoms. The monoisotopic (exact) mass is 290 g/mol. The first-order valence-electron chi connectivity index (χ1n) is 7.89. The molecular weight excluding hydrogens is 264 g/mol. The molecule has 0 unspecified atom stereocenters. The molecule has 0 aliphatic heterocycles. The molecule has 1 aromatic rings. The minimum atomic E-state index is 0.107. The highest BCUT2D eigenvalue weighted by atomic mass is 16.5. The highest BCUT2D eigenvalue weighted by molar-refractivity contribution is 5.76. The van der Waals surface area contributed by atoms with Gasteiger partial charge >= 0.3 is 0 Å². The van der Waals surface area contributed by atoms with Crippen molar-refractivity contribution in [1.29, 1.82) is 0 Å². The van der Waals surface area contributed by atoms with Gasteiger partial charge in [0.25, 0.3) is 0 Å². The second kappa shape index (κ2) is 7.34. The van der Waals surface area contributed by atoms with Gasteiger partial charge in [-0.3, -0.25) is 4.79 Å². The average Bonchev–Trinajstić information content (AvgIpc) is 2.91. The average molecular weight is 290 g/mol. The van der Waals surface area contributed by atoms with Crippen molar-refractivity contribution < 1.29 is 9.53 Å². The summed E-state index contributed by atoms with van der Waals surface area (Å²) in [5, 5.41) is 3.11. The molecule has 0 heterocycles. The van der Waals surface area contributed by atoms with Crippen molar-refractivity contribution in [1.82, 2.24) is 5.32 Å². The maximum absolute atomic E-state index is 11.9. The van der Waals surface area contributed by atoms with Crippen molar-refractivity contribution in [2.24, 2.45) is 0 Å². The summed E-state index contributed by atoms with van der Waals surface area (Å²) < 4.78 is 5.61. The van der Waals surface area contributed by atoms with E-state index in [9.17, 15) is 4.79 Å². The third-order valence-corrected chi connectivity index (χ3v) is 3.80. The Balaban J connectivity index is 1.82. The van der Waals surface area contributed by atoms with Gasteiger partial charge in [-0.25, -0.2) is 0 Å². The Hall–Kier alpha value is -1.71. The predicted molar refractivity (Wildman–Crippen MR) is 85.3 cm³/mol. The second-order valence-electron chi connectivity index (χ2n) is 6.09. The van der Waals surface area contributed by atoms with E-state index in [1.54, 1.807) is 0 Å². The molecule has 3 N–H and O–H groups in total. The molecule has 4 nitrogen and oxygen atoms in total. The van der Waals surface area contributed by atoms with Gasteiger partial charge in [-0.2, -0.15) is 0 Å². The predicted octanol–water partition coefficient (Wildman–Crippen LogP) is 3.05. The lowest BCUT2D eigenvalue weighted by Gasteiger charge is -2.14. The van der Waals surface area contributed by atoms with Gasteiger partial charge in [0.05, 0.1) is 11.8 Å². The van der Waals surface area contributed by atoms with E-state index in [1.165, 1.54) is 12.8 Å². The van der Waals surface area contributed by atoms with Crippen molar-refractivity contribution >= 4 is 11.6 Å². The van der Waals surface area contributed by atoms with E-state index in [-0.39, 0.29) is 12.0 Å². The molecular formula is C17H26N2O2. The maximum atomic E-state index is 11.9. The van der Waals surface area contributed by atoms with Crippen molar-refractivity contribution in [2.75, 3.05) is 5.73 Å². The van der Waals surface area contributed by atoms with Crippen LogP contribution in [0.15, 0.2) is 18.2 Å². The minimum Gasteiger partial charge on any atom is -0.489 e. The van der Waals surface area contributed by atoms with Crippen molar-refractivity contribution in [3.05, 3.63) is 23.8 Å². The zero-order valence-electron chi connectivity index (χ0n) is 13.0. The van der Waals surface area contributed by atoms with Crippen LogP contribution in [0.2, 0.25) is 0 Å². The number of benzene rings is 1. The largest absolute Gasteiger partial charge is 0.489 e. The second-order valence-corrected chi connectivity index (χ2v) is 6.09. The van der Waals surface area contributed by atoms with Gasteiger partial charge in [0.2, 0.25) is 5.91 Å². The van der Waals surface area contributed by atoms with Crippen LogP contribution in [0.3, 0.4) is 0 Å². The summed E-state index contributed by atoms with van der Waals surface area (Å²) >= 11 is 0. The summed E-state index contributed by atoms with van der Waals surface area (Å²) in [6.07, 6.45) is 6.05. The fourth-order valence-corrected chi connectivity index (χ4v) is 2.74. The smallest absolute Gasteiger partial charge is 0.220 e. The van der Waals surface area contributed by atoms with Crippen LogP contribution in [0.25, 0.3) is 0 Å². The highest BCUT2D eigenvalue weighted by Gasteiger charge is 2.16. The Labute approximate surface area is 127 Å². The fraction of sp³-hybridized carbons (Fsp3) is 0.588. The van der Waals surface area contributed by atoms with Gasteiger partial charge in [-0.15, -0.1) is 0 Å². The van der Waals surface area contributed by atoms with Crippen molar-refractivity contribution in [2.45, 2.75) is 64.5 Å². The maximum Gasteiger partial charge on any atom is 0.220 e. The molecule has 0 atom stereocenters. The van der Waals surface area contributed by atoms with Gasteiger partial charge in [-0.1, -0.05) is 18.9 Å². The third-order valence-electron chi connectivity index (χ3n) is 3.80. The number of aryl methyl sites for hydroxylation is 1. The van der Waals surface area contributed by atoms with Gasteiger partial charge in [-0.05, 0) is 50.8 Å². The Kier molecular flexibility index (Phi) is 5.48. The fourth-order valence-electron chi connectivity index (χ4n) is 2.74. The normalized spacial score (nSPS) is 15.4. The molecule has 21 heavy (non-hydrogen) atoms. The van der Waals surface area contributed by atoms with E-state index in [4.69, 9.17) is 10.5 Å². The van der Waals surface area contributed by atoms with Crippen LogP contribution >= 0.6 is 0 Å². The first-order chi connectivity index (χ1) is 10.0. The summed E-state index contributed by atoms with van der Waals surface area (Å²) in [7, 11) is 0. The number of hydrogen-bond acceptors (Lipinski definition) is 3. The van der Waals surface area contributed by atoms with Gasteiger partial charge in [0.1, 0.15) is 5.75 Å². The number of ether oxygens (including phenoxy) is 1. The molecule has 1 saturated carbocycles. The zero-order valence-corrected chi connectivity index (χ0v) is 13.0. The number of hydrogen-bond donors (Lipinski definition) is 2. The van der Waals surface area contributed by atoms with E-state index in [1.807, 2.05) is 32.0 Å². The lowest BCUT2D eigenvalue weighted by molar-refractivity contribution is -0.121. The molecule has 0 saturated heterocycles. The van der Waals surface area contributed by atoms with Gasteiger partial charge < -0.3 is 15.8 Å². The molecule has 116 valence electrons. The molecule has 1 amide bonds. The lowest BCUT2D eigenvalue weighted by atomic mass is 10.1. The number of amides is 1. The Morgan fingerprint density at radius 1 is 1.38 bits per heavy atom. The number of anilines is 1. The summed E-state index contributed by atoms with van der Waals surface area (Å²) in [6, 6.07) is 6.17. The van der Waals surface area contributed by atoms with Gasteiger partial charge in [0.15, 0.2) is 0 Å². The van der Waals surface area contributed by atoms with Crippen LogP contribution in [0.4, 0.5) is 5.69 Å². The molecule has 2 rings (SSSR count). The topological polar surface area (TPSA) is 64.3 Å². The first kappa shape index (κ1) is 15.7. The van der Waals surface area contributed by atoms with Crippen molar-refractivity contribution in [3.8, 4) is 5.75 Å². The molecule has 1 aromatic carbocycles. The number of nitrogens with one attached hydrogen (secondary N) is 1. The molecule has 1 aliphatic rings. The quantitative estimate of drug-likeness (QED) is 0.791. The van der Waals surface area contributed by atoms with E-state index in [0.717, 1.165) is 18.4 Å². The number of rotatable bonds is 6.